The van der Waals surface area contributed by atoms with Gasteiger partial charge in [-0.1, -0.05) is 32.6 Å². The second-order valence-electron chi connectivity index (χ2n) is 6.57. The topological polar surface area (TPSA) is 21.3 Å². The Kier molecular flexibility index (Phi) is 6.66. The van der Waals surface area contributed by atoms with Crippen molar-refractivity contribution in [2.75, 3.05) is 13.2 Å². The van der Waals surface area contributed by atoms with Crippen LogP contribution < -0.4 is 5.32 Å². The molecule has 0 aromatic rings. The Bertz CT molecular complexity index is 229. The largest absolute Gasteiger partial charge is 0.378 e. The summed E-state index contributed by atoms with van der Waals surface area (Å²) in [5.41, 5.74) is 0. The van der Waals surface area contributed by atoms with E-state index in [-0.39, 0.29) is 0 Å². The highest BCUT2D eigenvalue weighted by Crippen LogP contribution is 2.36. The van der Waals surface area contributed by atoms with Crippen LogP contribution in [0.3, 0.4) is 0 Å². The van der Waals surface area contributed by atoms with Crippen LogP contribution in [-0.2, 0) is 4.74 Å². The Labute approximate surface area is 119 Å². The lowest BCUT2D eigenvalue weighted by molar-refractivity contribution is -0.0309. The minimum atomic E-state index is 0.575. The van der Waals surface area contributed by atoms with Crippen molar-refractivity contribution in [2.45, 2.75) is 83.8 Å². The van der Waals surface area contributed by atoms with Crippen molar-refractivity contribution in [1.29, 1.82) is 0 Å². The Morgan fingerprint density at radius 3 is 2.32 bits per heavy atom. The van der Waals surface area contributed by atoms with E-state index >= 15 is 0 Å². The Morgan fingerprint density at radius 2 is 1.74 bits per heavy atom. The normalized spacial score (nSPS) is 30.6. The van der Waals surface area contributed by atoms with Crippen LogP contribution in [0.2, 0.25) is 0 Å². The van der Waals surface area contributed by atoms with E-state index in [4.69, 9.17) is 4.74 Å². The summed E-state index contributed by atoms with van der Waals surface area (Å²) in [7, 11) is 0. The zero-order valence-electron chi connectivity index (χ0n) is 13.0. The number of hydrogen-bond donors (Lipinski definition) is 1. The summed E-state index contributed by atoms with van der Waals surface area (Å²) in [4.78, 5) is 0. The predicted molar refractivity (Wildman–Crippen MR) is 81.4 cm³/mol. The van der Waals surface area contributed by atoms with E-state index in [1.54, 1.807) is 0 Å². The van der Waals surface area contributed by atoms with Crippen molar-refractivity contribution < 1.29 is 4.74 Å². The first kappa shape index (κ1) is 15.3. The molecule has 0 amide bonds. The number of ether oxygens (including phenoxy) is 1. The van der Waals surface area contributed by atoms with Crippen LogP contribution in [0.4, 0.5) is 0 Å². The quantitative estimate of drug-likeness (QED) is 0.700. The van der Waals surface area contributed by atoms with Gasteiger partial charge in [0.15, 0.2) is 0 Å². The van der Waals surface area contributed by atoms with Gasteiger partial charge in [0, 0.05) is 12.6 Å². The maximum absolute atomic E-state index is 5.69. The third kappa shape index (κ3) is 4.75. The molecule has 0 aliphatic heterocycles. The summed E-state index contributed by atoms with van der Waals surface area (Å²) >= 11 is 0. The first-order chi connectivity index (χ1) is 9.33. The fourth-order valence-corrected chi connectivity index (χ4v) is 4.02. The summed E-state index contributed by atoms with van der Waals surface area (Å²) in [5.74, 6) is 1.86. The molecule has 1 unspecified atom stereocenters. The summed E-state index contributed by atoms with van der Waals surface area (Å²) in [6, 6.07) is 0.774. The van der Waals surface area contributed by atoms with Gasteiger partial charge >= 0.3 is 0 Å². The molecule has 0 bridgehead atoms. The molecule has 0 aromatic heterocycles. The maximum Gasteiger partial charge on any atom is 0.0580 e. The smallest absolute Gasteiger partial charge is 0.0580 e. The van der Waals surface area contributed by atoms with Gasteiger partial charge in [0.2, 0.25) is 0 Å². The Balaban J connectivity index is 1.75. The maximum atomic E-state index is 5.69. The van der Waals surface area contributed by atoms with Crippen LogP contribution in [0.5, 0.6) is 0 Å². The average molecular weight is 267 g/mol. The van der Waals surface area contributed by atoms with Gasteiger partial charge < -0.3 is 10.1 Å². The van der Waals surface area contributed by atoms with E-state index in [1.807, 2.05) is 0 Å². The van der Waals surface area contributed by atoms with Crippen molar-refractivity contribution >= 4 is 0 Å². The van der Waals surface area contributed by atoms with E-state index in [2.05, 4.69) is 19.2 Å². The van der Waals surface area contributed by atoms with Crippen molar-refractivity contribution in [3.8, 4) is 0 Å². The van der Waals surface area contributed by atoms with Gasteiger partial charge in [-0.3, -0.25) is 0 Å². The standard InChI is InChI=1S/C17H33NO/c1-3-18-17(15-9-7-5-6-8-10-15)13-14-11-16(12-14)19-4-2/h14-18H,3-13H2,1-2H3. The molecule has 1 N–H and O–H groups in total. The zero-order chi connectivity index (χ0) is 13.5. The van der Waals surface area contributed by atoms with Gasteiger partial charge in [-0.05, 0) is 57.4 Å². The summed E-state index contributed by atoms with van der Waals surface area (Å²) in [6.07, 6.45) is 13.3. The SMILES string of the molecule is CCNC(CC1CC(OCC)C1)C1CCCCCC1. The number of rotatable bonds is 7. The Morgan fingerprint density at radius 1 is 1.05 bits per heavy atom. The van der Waals surface area contributed by atoms with Crippen molar-refractivity contribution in [3.05, 3.63) is 0 Å². The molecule has 1 atom stereocenters. The van der Waals surface area contributed by atoms with E-state index in [0.717, 1.165) is 31.0 Å². The van der Waals surface area contributed by atoms with Gasteiger partial charge in [-0.2, -0.15) is 0 Å². The summed E-state index contributed by atoms with van der Waals surface area (Å²) in [5, 5.41) is 3.79. The molecular weight excluding hydrogens is 234 g/mol. The van der Waals surface area contributed by atoms with Crippen LogP contribution in [0.25, 0.3) is 0 Å². The van der Waals surface area contributed by atoms with Crippen LogP contribution in [-0.4, -0.2) is 25.3 Å². The number of nitrogens with one attached hydrogen (secondary N) is 1. The predicted octanol–water partition coefficient (Wildman–Crippen LogP) is 4.14. The second kappa shape index (κ2) is 8.26. The molecule has 2 fully saturated rings. The molecule has 2 aliphatic rings. The highest BCUT2D eigenvalue weighted by molar-refractivity contribution is 4.87. The van der Waals surface area contributed by atoms with Gasteiger partial charge in [-0.25, -0.2) is 0 Å². The molecule has 2 heteroatoms. The lowest BCUT2D eigenvalue weighted by Gasteiger charge is -2.39. The van der Waals surface area contributed by atoms with E-state index in [9.17, 15) is 0 Å². The third-order valence-electron chi connectivity index (χ3n) is 5.12. The molecule has 19 heavy (non-hydrogen) atoms. The fourth-order valence-electron chi connectivity index (χ4n) is 4.02. The highest BCUT2D eigenvalue weighted by Gasteiger charge is 2.33. The minimum Gasteiger partial charge on any atom is -0.378 e. The van der Waals surface area contributed by atoms with E-state index in [0.29, 0.717) is 6.10 Å². The molecule has 0 spiro atoms. The van der Waals surface area contributed by atoms with Crippen LogP contribution >= 0.6 is 0 Å². The molecule has 0 saturated heterocycles. The van der Waals surface area contributed by atoms with Crippen molar-refractivity contribution in [2.24, 2.45) is 11.8 Å². The van der Waals surface area contributed by atoms with Crippen LogP contribution in [0, 0.1) is 11.8 Å². The molecule has 0 heterocycles. The lowest BCUT2D eigenvalue weighted by Crippen LogP contribution is -2.42. The first-order valence-electron chi connectivity index (χ1n) is 8.68. The molecular formula is C17H33NO. The molecule has 0 aromatic carbocycles. The fraction of sp³-hybridized carbons (Fsp3) is 1.00. The van der Waals surface area contributed by atoms with Crippen molar-refractivity contribution in [3.63, 3.8) is 0 Å². The first-order valence-corrected chi connectivity index (χ1v) is 8.68. The summed E-state index contributed by atoms with van der Waals surface area (Å²) < 4.78 is 5.69. The third-order valence-corrected chi connectivity index (χ3v) is 5.12. The molecule has 2 saturated carbocycles. The molecule has 2 rings (SSSR count). The monoisotopic (exact) mass is 267 g/mol. The lowest BCUT2D eigenvalue weighted by atomic mass is 9.75. The summed E-state index contributed by atoms with van der Waals surface area (Å²) in [6.45, 7) is 6.38. The zero-order valence-corrected chi connectivity index (χ0v) is 13.0. The molecule has 2 nitrogen and oxygen atoms in total. The average Bonchev–Trinajstić information content (AvgIpc) is 2.64. The van der Waals surface area contributed by atoms with Crippen LogP contribution in [0.1, 0.15) is 71.6 Å². The van der Waals surface area contributed by atoms with E-state index in [1.165, 1.54) is 57.8 Å². The van der Waals surface area contributed by atoms with E-state index < -0.39 is 0 Å². The van der Waals surface area contributed by atoms with Crippen LogP contribution in [0.15, 0.2) is 0 Å². The second-order valence-corrected chi connectivity index (χ2v) is 6.57. The highest BCUT2D eigenvalue weighted by atomic mass is 16.5. The number of hydrogen-bond acceptors (Lipinski definition) is 2. The van der Waals surface area contributed by atoms with Gasteiger partial charge in [-0.15, -0.1) is 0 Å². The van der Waals surface area contributed by atoms with Gasteiger partial charge in [0.05, 0.1) is 6.10 Å². The molecule has 2 aliphatic carbocycles. The minimum absolute atomic E-state index is 0.575. The molecule has 0 radical (unpaired) electrons. The molecule has 112 valence electrons. The van der Waals surface area contributed by atoms with Gasteiger partial charge in [0.1, 0.15) is 0 Å². The Hall–Kier alpha value is -0.0800. The van der Waals surface area contributed by atoms with Crippen molar-refractivity contribution in [1.82, 2.24) is 5.32 Å². The van der Waals surface area contributed by atoms with Gasteiger partial charge in [0.25, 0.3) is 0 Å².